The fraction of sp³-hybridized carbons (Fsp3) is 0. The Morgan fingerprint density at radius 2 is 1.25 bits per heavy atom. The predicted molar refractivity (Wildman–Crippen MR) is 12.0 cm³/mol. The van der Waals surface area contributed by atoms with Crippen molar-refractivity contribution < 1.29 is 95.3 Å². The first-order valence-corrected chi connectivity index (χ1v) is 2.30. The summed E-state index contributed by atoms with van der Waals surface area (Å²) in [7, 11) is -4.89. The second kappa shape index (κ2) is 9.59. The molecule has 0 saturated carbocycles. The standard InChI is InChI=1S/BrH.2Na.H3O4P/c;;;1-5(2,3)4/h1H;;;(H3,1,2,3,4)/q;2*+1;/p-2. The van der Waals surface area contributed by atoms with Crippen molar-refractivity contribution in [1.29, 1.82) is 0 Å². The van der Waals surface area contributed by atoms with E-state index >= 15 is 0 Å². The molecule has 40 valence electrons. The largest absolute Gasteiger partial charge is 1.00 e. The molecule has 0 aromatic carbocycles. The van der Waals surface area contributed by atoms with Crippen LogP contribution in [0.2, 0.25) is 0 Å². The molecule has 0 amide bonds. The minimum Gasteiger partial charge on any atom is -1.00 e. The van der Waals surface area contributed by atoms with E-state index in [1.54, 1.807) is 0 Å². The maximum atomic E-state index is 8.77. The molecule has 0 fully saturated rings. The molecule has 8 heteroatoms. The van der Waals surface area contributed by atoms with Crippen LogP contribution in [0.4, 0.5) is 0 Å². The zero-order valence-corrected chi connectivity index (χ0v) is 11.0. The zero-order chi connectivity index (χ0) is 4.50. The van der Waals surface area contributed by atoms with Gasteiger partial charge >= 0.3 is 59.1 Å². The Hall–Kier alpha value is 2.59. The molecule has 0 aliphatic heterocycles. The molecule has 0 heterocycles. The molecule has 0 aromatic heterocycles. The summed E-state index contributed by atoms with van der Waals surface area (Å²) >= 11 is 0. The maximum absolute atomic E-state index is 8.77. The van der Waals surface area contributed by atoms with Gasteiger partial charge in [0.25, 0.3) is 7.82 Å². The van der Waals surface area contributed by atoms with Gasteiger partial charge in [-0.05, 0) is 0 Å². The van der Waals surface area contributed by atoms with E-state index in [1.807, 2.05) is 0 Å². The second-order valence-electron chi connectivity index (χ2n) is 0.491. The summed E-state index contributed by atoms with van der Waals surface area (Å²) in [5, 5.41) is 0. The van der Waals surface area contributed by atoms with Gasteiger partial charge in [-0.15, -0.1) is 0 Å². The van der Waals surface area contributed by atoms with Gasteiger partial charge in [0.1, 0.15) is 0 Å². The van der Waals surface area contributed by atoms with Crippen LogP contribution in [0.5, 0.6) is 0 Å². The van der Waals surface area contributed by atoms with E-state index in [2.05, 4.69) is 0 Å². The first-order chi connectivity index (χ1) is 2.00. The van der Waals surface area contributed by atoms with E-state index in [9.17, 15) is 0 Å². The van der Waals surface area contributed by atoms with Crippen molar-refractivity contribution in [2.45, 2.75) is 0 Å². The van der Waals surface area contributed by atoms with Crippen LogP contribution in [0.1, 0.15) is 0 Å². The fourth-order valence-electron chi connectivity index (χ4n) is 0. The van der Waals surface area contributed by atoms with E-state index in [0.29, 0.717) is 0 Å². The Labute approximate surface area is 102 Å². The van der Waals surface area contributed by atoms with Gasteiger partial charge in [0.2, 0.25) is 0 Å². The van der Waals surface area contributed by atoms with Crippen molar-refractivity contribution in [2.75, 3.05) is 0 Å². The summed E-state index contributed by atoms with van der Waals surface area (Å²) in [6.07, 6.45) is 0. The SMILES string of the molecule is O=P([O-])(O)O.[Br-].[Na+].[Na+]. The van der Waals surface area contributed by atoms with Crippen LogP contribution in [0.15, 0.2) is 0 Å². The van der Waals surface area contributed by atoms with Crippen molar-refractivity contribution in [3.05, 3.63) is 0 Å². The minimum absolute atomic E-state index is 0. The van der Waals surface area contributed by atoms with Crippen molar-refractivity contribution in [2.24, 2.45) is 0 Å². The molecular weight excluding hydrogens is 221 g/mol. The Bertz CT molecular complexity index is 60.2. The number of phosphoric acid groups is 1. The van der Waals surface area contributed by atoms with Crippen LogP contribution in [0, 0.1) is 0 Å². The first-order valence-electron chi connectivity index (χ1n) is 0.765. The normalized spacial score (nSPS) is 7.38. The summed E-state index contributed by atoms with van der Waals surface area (Å²) < 4.78 is 8.77. The summed E-state index contributed by atoms with van der Waals surface area (Å²) in [5.74, 6) is 0. The number of hydrogen-bond donors (Lipinski definition) is 2. The molecule has 0 aromatic rings. The Balaban J connectivity index is -0.0000000267. The van der Waals surface area contributed by atoms with Crippen molar-refractivity contribution in [3.63, 3.8) is 0 Å². The van der Waals surface area contributed by atoms with Crippen molar-refractivity contribution in [3.8, 4) is 0 Å². The third kappa shape index (κ3) is 73.8. The van der Waals surface area contributed by atoms with E-state index in [0.717, 1.165) is 0 Å². The summed E-state index contributed by atoms with van der Waals surface area (Å²) in [5.41, 5.74) is 0. The van der Waals surface area contributed by atoms with Crippen molar-refractivity contribution in [1.82, 2.24) is 0 Å². The molecule has 0 unspecified atom stereocenters. The Kier molecular flexibility index (Phi) is 26.9. The van der Waals surface area contributed by atoms with Crippen LogP contribution in [-0.2, 0) is 4.57 Å². The van der Waals surface area contributed by atoms with Gasteiger partial charge in [-0.3, -0.25) is 4.57 Å². The van der Waals surface area contributed by atoms with E-state index in [-0.39, 0.29) is 76.1 Å². The average Bonchev–Trinajstić information content (AvgIpc) is 0.722. The van der Waals surface area contributed by atoms with Crippen LogP contribution >= 0.6 is 7.82 Å². The molecule has 4 nitrogen and oxygen atoms in total. The van der Waals surface area contributed by atoms with Gasteiger partial charge in [-0.25, -0.2) is 0 Å². The number of halogens is 1. The monoisotopic (exact) mass is 222 g/mol. The molecule has 0 bridgehead atoms. The van der Waals surface area contributed by atoms with Gasteiger partial charge in [-0.2, -0.15) is 0 Å². The van der Waals surface area contributed by atoms with E-state index in [4.69, 9.17) is 19.2 Å². The molecule has 2 N–H and O–H groups in total. The van der Waals surface area contributed by atoms with E-state index in [1.165, 1.54) is 0 Å². The quantitative estimate of drug-likeness (QED) is 0.315. The Morgan fingerprint density at radius 3 is 1.25 bits per heavy atom. The number of rotatable bonds is 0. The van der Waals surface area contributed by atoms with Gasteiger partial charge in [0.05, 0.1) is 0 Å². The summed E-state index contributed by atoms with van der Waals surface area (Å²) in [6.45, 7) is 0. The van der Waals surface area contributed by atoms with Gasteiger partial charge in [-0.1, -0.05) is 0 Å². The average molecular weight is 223 g/mol. The van der Waals surface area contributed by atoms with Crippen LogP contribution in [-0.4, -0.2) is 9.79 Å². The van der Waals surface area contributed by atoms with Gasteiger partial charge in [0, 0.05) is 0 Å². The second-order valence-corrected chi connectivity index (χ2v) is 1.47. The zero-order valence-electron chi connectivity index (χ0n) is 4.54. The molecule has 0 aliphatic rings. The molecule has 0 rings (SSSR count). The smallest absolute Gasteiger partial charge is 1.00 e. The topological polar surface area (TPSA) is 80.6 Å². The molecule has 0 radical (unpaired) electrons. The van der Waals surface area contributed by atoms with Crippen LogP contribution in [0.25, 0.3) is 0 Å². The van der Waals surface area contributed by atoms with Crippen LogP contribution < -0.4 is 81.0 Å². The molecule has 0 atom stereocenters. The summed E-state index contributed by atoms with van der Waals surface area (Å²) in [6, 6.07) is 0. The summed E-state index contributed by atoms with van der Waals surface area (Å²) in [4.78, 5) is 22.9. The van der Waals surface area contributed by atoms with Crippen LogP contribution in [0.3, 0.4) is 0 Å². The Morgan fingerprint density at radius 1 is 1.25 bits per heavy atom. The third-order valence-electron chi connectivity index (χ3n) is 0. The van der Waals surface area contributed by atoms with E-state index < -0.39 is 7.82 Å². The molecule has 0 aliphatic carbocycles. The minimum atomic E-state index is -4.89. The molecule has 0 spiro atoms. The molecular formula is H2BrNa2O4P. The van der Waals surface area contributed by atoms with Crippen molar-refractivity contribution >= 4 is 7.82 Å². The van der Waals surface area contributed by atoms with Gasteiger partial charge < -0.3 is 31.7 Å². The predicted octanol–water partition coefficient (Wildman–Crippen LogP) is -10.5. The fourth-order valence-corrected chi connectivity index (χ4v) is 0. The number of hydrogen-bond acceptors (Lipinski definition) is 2. The molecule has 8 heavy (non-hydrogen) atoms. The van der Waals surface area contributed by atoms with Gasteiger partial charge in [0.15, 0.2) is 0 Å². The maximum Gasteiger partial charge on any atom is 1.00 e. The third-order valence-corrected chi connectivity index (χ3v) is 0. The first kappa shape index (κ1) is 22.4. The molecule has 0 saturated heterocycles.